The van der Waals surface area contributed by atoms with Crippen LogP contribution in [0.25, 0.3) is 0 Å². The summed E-state index contributed by atoms with van der Waals surface area (Å²) in [5.74, 6) is 1.01. The monoisotopic (exact) mass is 347 g/mol. The van der Waals surface area contributed by atoms with Crippen LogP contribution in [-0.4, -0.2) is 38.7 Å². The number of aryl methyl sites for hydroxylation is 1. The van der Waals surface area contributed by atoms with Gasteiger partial charge in [-0.15, -0.1) is 0 Å². The molecule has 1 saturated heterocycles. The number of carbonyl (C=O) groups is 1. The summed E-state index contributed by atoms with van der Waals surface area (Å²) in [7, 11) is 0. The van der Waals surface area contributed by atoms with Crippen molar-refractivity contribution in [2.75, 3.05) is 12.3 Å². The second kappa shape index (κ2) is 6.54. The average molecular weight is 347 g/mol. The first kappa shape index (κ1) is 16.2. The van der Waals surface area contributed by atoms with Crippen molar-refractivity contribution < 1.29 is 4.79 Å². The number of piperidine rings is 1. The Hall–Kier alpha value is -1.30. The normalized spacial score (nSPS) is 25.6. The lowest BCUT2D eigenvalue weighted by molar-refractivity contribution is -0.135. The molecule has 0 bridgehead atoms. The van der Waals surface area contributed by atoms with Gasteiger partial charge < -0.3 is 4.90 Å². The van der Waals surface area contributed by atoms with Crippen LogP contribution in [-0.2, 0) is 17.6 Å². The van der Waals surface area contributed by atoms with E-state index in [1.54, 1.807) is 11.8 Å². The molecule has 1 aliphatic carbocycles. The number of amides is 1. The lowest BCUT2D eigenvalue weighted by Crippen LogP contribution is -2.44. The van der Waals surface area contributed by atoms with Gasteiger partial charge in [-0.1, -0.05) is 18.7 Å². The molecule has 2 atom stereocenters. The van der Waals surface area contributed by atoms with Crippen LogP contribution in [0.15, 0.2) is 9.95 Å². The van der Waals surface area contributed by atoms with Gasteiger partial charge in [0, 0.05) is 30.3 Å². The number of thioether (sulfide) groups is 1. The molecule has 0 radical (unpaired) electrons. The summed E-state index contributed by atoms with van der Waals surface area (Å²) >= 11 is 1.63. The van der Waals surface area contributed by atoms with Crippen LogP contribution in [0.5, 0.6) is 0 Å². The first-order chi connectivity index (χ1) is 11.7. The van der Waals surface area contributed by atoms with Gasteiger partial charge in [0.25, 0.3) is 5.56 Å². The molecule has 130 valence electrons. The lowest BCUT2D eigenvalue weighted by Gasteiger charge is -2.36. The number of nitrogens with zero attached hydrogens (tertiary/aromatic N) is 3. The van der Waals surface area contributed by atoms with E-state index in [0.29, 0.717) is 12.5 Å². The van der Waals surface area contributed by atoms with Crippen molar-refractivity contribution in [2.24, 2.45) is 0 Å². The third-order valence-corrected chi connectivity index (χ3v) is 6.80. The summed E-state index contributed by atoms with van der Waals surface area (Å²) in [4.78, 5) is 32.4. The largest absolute Gasteiger partial charge is 0.340 e. The number of carbonyl (C=O) groups excluding carboxylic acids is 1. The molecule has 24 heavy (non-hydrogen) atoms. The molecule has 3 aliphatic rings. The molecule has 1 aromatic rings. The van der Waals surface area contributed by atoms with Crippen LogP contribution in [0.1, 0.15) is 62.7 Å². The molecule has 6 heteroatoms. The Morgan fingerprint density at radius 3 is 2.96 bits per heavy atom. The fourth-order valence-electron chi connectivity index (χ4n) is 4.37. The average Bonchev–Trinajstić information content (AvgIpc) is 3.22. The van der Waals surface area contributed by atoms with Gasteiger partial charge in [-0.25, -0.2) is 4.98 Å². The first-order valence-corrected chi connectivity index (χ1v) is 10.2. The van der Waals surface area contributed by atoms with Crippen LogP contribution in [0.3, 0.4) is 0 Å². The highest BCUT2D eigenvalue weighted by molar-refractivity contribution is 7.99. The van der Waals surface area contributed by atoms with Gasteiger partial charge in [0.2, 0.25) is 5.91 Å². The van der Waals surface area contributed by atoms with Crippen molar-refractivity contribution >= 4 is 17.7 Å². The summed E-state index contributed by atoms with van der Waals surface area (Å²) in [6.45, 7) is 3.04. The second-order valence-corrected chi connectivity index (χ2v) is 8.15. The molecule has 0 saturated carbocycles. The van der Waals surface area contributed by atoms with E-state index in [-0.39, 0.29) is 17.5 Å². The van der Waals surface area contributed by atoms with Crippen LogP contribution in [0.4, 0.5) is 0 Å². The minimum absolute atomic E-state index is 0.0252. The van der Waals surface area contributed by atoms with Gasteiger partial charge in [0.1, 0.15) is 0 Å². The quantitative estimate of drug-likeness (QED) is 0.789. The van der Waals surface area contributed by atoms with Gasteiger partial charge in [-0.3, -0.25) is 14.2 Å². The number of hydrogen-bond acceptors (Lipinski definition) is 4. The van der Waals surface area contributed by atoms with Crippen molar-refractivity contribution in [3.8, 4) is 0 Å². The molecule has 3 heterocycles. The summed E-state index contributed by atoms with van der Waals surface area (Å²) in [5, 5.41) is 0.823. The zero-order valence-electron chi connectivity index (χ0n) is 14.3. The van der Waals surface area contributed by atoms with E-state index in [0.717, 1.165) is 67.2 Å². The van der Waals surface area contributed by atoms with Gasteiger partial charge in [-0.05, 0) is 44.9 Å². The van der Waals surface area contributed by atoms with Crippen molar-refractivity contribution in [3.05, 3.63) is 21.6 Å². The van der Waals surface area contributed by atoms with E-state index in [2.05, 4.69) is 11.8 Å². The van der Waals surface area contributed by atoms with Crippen molar-refractivity contribution in [3.63, 3.8) is 0 Å². The highest BCUT2D eigenvalue weighted by atomic mass is 32.2. The highest BCUT2D eigenvalue weighted by Gasteiger charge is 2.33. The molecule has 2 aliphatic heterocycles. The van der Waals surface area contributed by atoms with Gasteiger partial charge in [-0.2, -0.15) is 0 Å². The molecule has 4 rings (SSSR count). The first-order valence-electron chi connectivity index (χ1n) is 9.25. The Kier molecular flexibility index (Phi) is 4.41. The van der Waals surface area contributed by atoms with E-state index < -0.39 is 0 Å². The predicted octanol–water partition coefficient (Wildman–Crippen LogP) is 2.56. The predicted molar refractivity (Wildman–Crippen MR) is 94.5 cm³/mol. The molecule has 1 fully saturated rings. The van der Waals surface area contributed by atoms with Gasteiger partial charge in [0.15, 0.2) is 5.16 Å². The van der Waals surface area contributed by atoms with Gasteiger partial charge in [0.05, 0.1) is 11.7 Å². The molecule has 5 nitrogen and oxygen atoms in total. The summed E-state index contributed by atoms with van der Waals surface area (Å²) < 4.78 is 1.82. The molecule has 1 aromatic heterocycles. The maximum Gasteiger partial charge on any atom is 0.257 e. The number of hydrogen-bond donors (Lipinski definition) is 0. The number of aromatic nitrogens is 2. The van der Waals surface area contributed by atoms with Crippen LogP contribution >= 0.6 is 11.8 Å². The van der Waals surface area contributed by atoms with Crippen molar-refractivity contribution in [1.29, 1.82) is 0 Å². The fraction of sp³-hybridized carbons (Fsp3) is 0.722. The molecule has 0 N–H and O–H groups in total. The molecule has 1 amide bonds. The second-order valence-electron chi connectivity index (χ2n) is 7.16. The Labute approximate surface area is 146 Å². The number of rotatable bonds is 3. The maximum absolute atomic E-state index is 12.9. The Morgan fingerprint density at radius 1 is 1.25 bits per heavy atom. The standard InChI is InChI=1S/C18H25N3O2S/c1-2-12-6-3-4-9-20(12)16(22)10-13-11-24-18-19-15-8-5-7-14(15)17(23)21(13)18/h12-13H,2-11H2,1H3. The topological polar surface area (TPSA) is 55.2 Å². The van der Waals surface area contributed by atoms with E-state index in [1.165, 1.54) is 6.42 Å². The molecule has 0 aromatic carbocycles. The van der Waals surface area contributed by atoms with Crippen LogP contribution in [0, 0.1) is 0 Å². The summed E-state index contributed by atoms with van der Waals surface area (Å²) in [6.07, 6.45) is 7.71. The maximum atomic E-state index is 12.9. The number of fused-ring (bicyclic) bond motifs is 2. The third-order valence-electron chi connectivity index (χ3n) is 5.70. The molecule has 2 unspecified atom stereocenters. The molecular formula is C18H25N3O2S. The minimum atomic E-state index is -0.0252. The smallest absolute Gasteiger partial charge is 0.257 e. The van der Waals surface area contributed by atoms with E-state index in [9.17, 15) is 9.59 Å². The van der Waals surface area contributed by atoms with E-state index in [4.69, 9.17) is 4.98 Å². The Balaban J connectivity index is 1.56. The van der Waals surface area contributed by atoms with Crippen LogP contribution in [0.2, 0.25) is 0 Å². The number of likely N-dealkylation sites (tertiary alicyclic amines) is 1. The summed E-state index contributed by atoms with van der Waals surface area (Å²) in [6, 6.07) is 0.359. The minimum Gasteiger partial charge on any atom is -0.340 e. The zero-order chi connectivity index (χ0) is 16.7. The lowest BCUT2D eigenvalue weighted by atomic mass is 9.99. The highest BCUT2D eigenvalue weighted by Crippen LogP contribution is 2.35. The van der Waals surface area contributed by atoms with Gasteiger partial charge >= 0.3 is 0 Å². The van der Waals surface area contributed by atoms with Crippen molar-refractivity contribution in [2.45, 2.75) is 75.5 Å². The van der Waals surface area contributed by atoms with E-state index >= 15 is 0 Å². The zero-order valence-corrected chi connectivity index (χ0v) is 15.1. The third kappa shape index (κ3) is 2.68. The van der Waals surface area contributed by atoms with Crippen LogP contribution < -0.4 is 5.56 Å². The fourth-order valence-corrected chi connectivity index (χ4v) is 5.53. The Morgan fingerprint density at radius 2 is 2.12 bits per heavy atom. The molecular weight excluding hydrogens is 322 g/mol. The summed E-state index contributed by atoms with van der Waals surface area (Å²) in [5.41, 5.74) is 2.00. The Bertz CT molecular complexity index is 715. The molecule has 0 spiro atoms. The SMILES string of the molecule is CCC1CCCCN1C(=O)CC1CSc2nc3c(c(=O)n21)CCC3. The van der Waals surface area contributed by atoms with E-state index in [1.807, 2.05) is 4.57 Å². The van der Waals surface area contributed by atoms with Crippen molar-refractivity contribution in [1.82, 2.24) is 14.5 Å².